The molecule has 1 unspecified atom stereocenters. The molecule has 0 saturated heterocycles. The number of hydrogen-bond acceptors (Lipinski definition) is 2. The molecule has 1 saturated carbocycles. The fourth-order valence-electron chi connectivity index (χ4n) is 2.18. The normalized spacial score (nSPS) is 15.7. The number of nitrogens with one attached hydrogen (secondary N) is 1. The maximum absolute atomic E-state index is 6.22. The van der Waals surface area contributed by atoms with Crippen LogP contribution in [0.15, 0.2) is 48.5 Å². The van der Waals surface area contributed by atoms with Crippen LogP contribution in [0, 0.1) is 0 Å². The van der Waals surface area contributed by atoms with Crippen molar-refractivity contribution in [3.05, 3.63) is 64.1 Å². The summed E-state index contributed by atoms with van der Waals surface area (Å²) in [5.74, 6) is 0.621. The summed E-state index contributed by atoms with van der Waals surface area (Å²) in [5, 5.41) is 4.48. The van der Waals surface area contributed by atoms with Crippen molar-refractivity contribution < 1.29 is 4.74 Å². The van der Waals surface area contributed by atoms with Crippen LogP contribution in [-0.2, 0) is 0 Å². The molecular weight excluding hydrogens is 305 g/mol. The van der Waals surface area contributed by atoms with Gasteiger partial charge in [0.15, 0.2) is 0 Å². The largest absolute Gasteiger partial charge is 0.483 e. The number of halogens is 2. The Morgan fingerprint density at radius 1 is 1.05 bits per heavy atom. The van der Waals surface area contributed by atoms with Gasteiger partial charge in [-0.15, -0.1) is 0 Å². The van der Waals surface area contributed by atoms with Crippen LogP contribution in [0.2, 0.25) is 10.0 Å². The summed E-state index contributed by atoms with van der Waals surface area (Å²) in [4.78, 5) is 0. The van der Waals surface area contributed by atoms with Crippen LogP contribution in [0.5, 0.6) is 5.75 Å². The van der Waals surface area contributed by atoms with Gasteiger partial charge in [0, 0.05) is 12.6 Å². The molecule has 1 fully saturated rings. The van der Waals surface area contributed by atoms with Crippen LogP contribution in [0.25, 0.3) is 0 Å². The van der Waals surface area contributed by atoms with E-state index in [9.17, 15) is 0 Å². The topological polar surface area (TPSA) is 21.3 Å². The summed E-state index contributed by atoms with van der Waals surface area (Å²) in [6.07, 6.45) is 2.42. The first-order valence-corrected chi connectivity index (χ1v) is 7.88. The zero-order valence-electron chi connectivity index (χ0n) is 11.6. The molecule has 2 aromatic rings. The zero-order valence-corrected chi connectivity index (χ0v) is 13.1. The highest BCUT2D eigenvalue weighted by Crippen LogP contribution is 2.34. The maximum Gasteiger partial charge on any atom is 0.140 e. The Hall–Kier alpha value is -1.22. The van der Waals surface area contributed by atoms with Crippen molar-refractivity contribution in [3.63, 3.8) is 0 Å². The highest BCUT2D eigenvalue weighted by atomic mass is 35.5. The van der Waals surface area contributed by atoms with Crippen LogP contribution in [0.3, 0.4) is 0 Å². The summed E-state index contributed by atoms with van der Waals surface area (Å²) in [6, 6.07) is 16.3. The quantitative estimate of drug-likeness (QED) is 0.819. The standard InChI is InChI=1S/C17H17Cl2NO/c18-14-7-4-8-15(17(14)19)21-16(11-20-13-9-10-13)12-5-2-1-3-6-12/h1-8,13,16,20H,9-11H2. The molecule has 110 valence electrons. The molecule has 4 heteroatoms. The second-order valence-electron chi connectivity index (χ2n) is 5.25. The molecule has 2 aromatic carbocycles. The molecule has 1 N–H and O–H groups in total. The average molecular weight is 322 g/mol. The smallest absolute Gasteiger partial charge is 0.140 e. The Balaban J connectivity index is 1.79. The first-order valence-electron chi connectivity index (χ1n) is 7.13. The van der Waals surface area contributed by atoms with E-state index >= 15 is 0 Å². The van der Waals surface area contributed by atoms with E-state index in [2.05, 4.69) is 17.4 Å². The molecule has 2 nitrogen and oxygen atoms in total. The minimum atomic E-state index is -0.0808. The molecule has 1 aliphatic carbocycles. The molecular formula is C17H17Cl2NO. The van der Waals surface area contributed by atoms with Crippen molar-refractivity contribution in [2.75, 3.05) is 6.54 Å². The highest BCUT2D eigenvalue weighted by Gasteiger charge is 2.23. The van der Waals surface area contributed by atoms with Crippen molar-refractivity contribution in [2.24, 2.45) is 0 Å². The van der Waals surface area contributed by atoms with Crippen LogP contribution in [0.4, 0.5) is 0 Å². The third-order valence-corrected chi connectivity index (χ3v) is 4.33. The molecule has 0 bridgehead atoms. The molecule has 0 radical (unpaired) electrons. The van der Waals surface area contributed by atoms with E-state index in [1.807, 2.05) is 30.3 Å². The van der Waals surface area contributed by atoms with Crippen molar-refractivity contribution in [3.8, 4) is 5.75 Å². The minimum Gasteiger partial charge on any atom is -0.483 e. The zero-order chi connectivity index (χ0) is 14.7. The van der Waals surface area contributed by atoms with Crippen LogP contribution in [0.1, 0.15) is 24.5 Å². The fraction of sp³-hybridized carbons (Fsp3) is 0.294. The molecule has 0 heterocycles. The Morgan fingerprint density at radius 2 is 1.81 bits per heavy atom. The van der Waals surface area contributed by atoms with Gasteiger partial charge in [-0.2, -0.15) is 0 Å². The van der Waals surface area contributed by atoms with Gasteiger partial charge >= 0.3 is 0 Å². The summed E-state index contributed by atoms with van der Waals surface area (Å²) in [6.45, 7) is 0.761. The summed E-state index contributed by atoms with van der Waals surface area (Å²) in [7, 11) is 0. The molecule has 3 rings (SSSR count). The molecule has 1 aliphatic rings. The number of hydrogen-bond donors (Lipinski definition) is 1. The van der Waals surface area contributed by atoms with Gasteiger partial charge in [-0.25, -0.2) is 0 Å². The molecule has 0 amide bonds. The van der Waals surface area contributed by atoms with E-state index in [0.717, 1.165) is 12.1 Å². The Labute approximate surface area is 135 Å². The maximum atomic E-state index is 6.22. The summed E-state index contributed by atoms with van der Waals surface area (Å²) in [5.41, 5.74) is 1.13. The van der Waals surface area contributed by atoms with E-state index in [-0.39, 0.29) is 6.10 Å². The molecule has 0 spiro atoms. The number of benzene rings is 2. The molecule has 1 atom stereocenters. The van der Waals surface area contributed by atoms with Gasteiger partial charge in [0.2, 0.25) is 0 Å². The summed E-state index contributed by atoms with van der Waals surface area (Å²) >= 11 is 12.3. The Bertz CT molecular complexity index is 599. The number of ether oxygens (including phenoxy) is 1. The highest BCUT2D eigenvalue weighted by molar-refractivity contribution is 6.42. The van der Waals surface area contributed by atoms with Gasteiger partial charge < -0.3 is 10.1 Å². The Kier molecular flexibility index (Phi) is 4.69. The SMILES string of the molecule is Clc1cccc(OC(CNC2CC2)c2ccccc2)c1Cl. The lowest BCUT2D eigenvalue weighted by molar-refractivity contribution is 0.201. The second kappa shape index (κ2) is 6.69. The lowest BCUT2D eigenvalue weighted by Gasteiger charge is -2.21. The van der Waals surface area contributed by atoms with Crippen LogP contribution >= 0.6 is 23.2 Å². The van der Waals surface area contributed by atoms with Crippen molar-refractivity contribution >= 4 is 23.2 Å². The monoisotopic (exact) mass is 321 g/mol. The molecule has 0 aliphatic heterocycles. The lowest BCUT2D eigenvalue weighted by atomic mass is 10.1. The molecule has 21 heavy (non-hydrogen) atoms. The minimum absolute atomic E-state index is 0.0808. The first kappa shape index (κ1) is 14.7. The van der Waals surface area contributed by atoms with Crippen LogP contribution < -0.4 is 10.1 Å². The first-order chi connectivity index (χ1) is 10.2. The fourth-order valence-corrected chi connectivity index (χ4v) is 2.52. The van der Waals surface area contributed by atoms with E-state index < -0.39 is 0 Å². The van der Waals surface area contributed by atoms with Gasteiger partial charge in [-0.3, -0.25) is 0 Å². The van der Waals surface area contributed by atoms with Crippen molar-refractivity contribution in [2.45, 2.75) is 25.0 Å². The Morgan fingerprint density at radius 3 is 2.52 bits per heavy atom. The predicted octanol–water partition coefficient (Wildman–Crippen LogP) is 4.87. The molecule has 0 aromatic heterocycles. The van der Waals surface area contributed by atoms with Gasteiger partial charge in [-0.1, -0.05) is 59.6 Å². The predicted molar refractivity (Wildman–Crippen MR) is 87.3 cm³/mol. The van der Waals surface area contributed by atoms with Gasteiger partial charge in [0.1, 0.15) is 16.9 Å². The van der Waals surface area contributed by atoms with Crippen molar-refractivity contribution in [1.82, 2.24) is 5.32 Å². The van der Waals surface area contributed by atoms with Gasteiger partial charge in [-0.05, 0) is 30.5 Å². The van der Waals surface area contributed by atoms with E-state index in [0.29, 0.717) is 21.8 Å². The average Bonchev–Trinajstić information content (AvgIpc) is 3.33. The van der Waals surface area contributed by atoms with Gasteiger partial charge in [0.05, 0.1) is 5.02 Å². The third-order valence-electron chi connectivity index (χ3n) is 3.53. The summed E-state index contributed by atoms with van der Waals surface area (Å²) < 4.78 is 6.11. The van der Waals surface area contributed by atoms with E-state index in [4.69, 9.17) is 27.9 Å². The van der Waals surface area contributed by atoms with E-state index in [1.165, 1.54) is 12.8 Å². The number of rotatable bonds is 6. The van der Waals surface area contributed by atoms with E-state index in [1.54, 1.807) is 6.07 Å². The van der Waals surface area contributed by atoms with Crippen LogP contribution in [-0.4, -0.2) is 12.6 Å². The van der Waals surface area contributed by atoms with Crippen molar-refractivity contribution in [1.29, 1.82) is 0 Å². The lowest BCUT2D eigenvalue weighted by Crippen LogP contribution is -2.26. The van der Waals surface area contributed by atoms with Gasteiger partial charge in [0.25, 0.3) is 0 Å². The third kappa shape index (κ3) is 3.91. The second-order valence-corrected chi connectivity index (χ2v) is 6.04.